The number of hydrogen-bond acceptors (Lipinski definition) is 5. The van der Waals surface area contributed by atoms with Crippen molar-refractivity contribution in [2.75, 3.05) is 19.8 Å². The molecule has 0 saturated heterocycles. The Kier molecular flexibility index (Phi) is 8.37. The molecule has 12 heteroatoms. The number of carboxylic acids is 1. The van der Waals surface area contributed by atoms with Crippen LogP contribution in [0.5, 0.6) is 5.88 Å². The summed E-state index contributed by atoms with van der Waals surface area (Å²) in [6.45, 7) is 3.71. The van der Waals surface area contributed by atoms with Crippen molar-refractivity contribution >= 4 is 11.9 Å². The molecule has 0 bridgehead atoms. The van der Waals surface area contributed by atoms with Gasteiger partial charge in [0, 0.05) is 24.7 Å². The number of hydrogen-bond donors (Lipinski definition) is 1. The molecule has 1 amide bonds. The fourth-order valence-electron chi connectivity index (χ4n) is 2.72. The average Bonchev–Trinajstić information content (AvgIpc) is 3.06. The summed E-state index contributed by atoms with van der Waals surface area (Å²) in [7, 11) is 0. The number of halogens is 4. The van der Waals surface area contributed by atoms with Crippen molar-refractivity contribution in [2.45, 2.75) is 32.3 Å². The summed E-state index contributed by atoms with van der Waals surface area (Å²) in [5, 5.41) is 7.12. The van der Waals surface area contributed by atoms with Crippen molar-refractivity contribution < 1.29 is 41.7 Å². The Bertz CT molecular complexity index is 887. The zero-order valence-corrected chi connectivity index (χ0v) is 16.5. The second-order valence-corrected chi connectivity index (χ2v) is 6.40. The Hall–Kier alpha value is -3.15. The molecule has 1 atom stereocenters. The summed E-state index contributed by atoms with van der Waals surface area (Å²) in [5.41, 5.74) is 1.01. The van der Waals surface area contributed by atoms with E-state index in [2.05, 4.69) is 4.98 Å². The number of rotatable bonds is 5. The molecule has 3 rings (SSSR count). The molecule has 2 aromatic heterocycles. The molecule has 170 valence electrons. The number of nitrogens with zero attached hydrogens (tertiary/aromatic N) is 3. The average molecular weight is 447 g/mol. The summed E-state index contributed by atoms with van der Waals surface area (Å²) < 4.78 is 58.5. The van der Waals surface area contributed by atoms with E-state index in [-0.39, 0.29) is 18.4 Å². The number of pyridine rings is 1. The highest BCUT2D eigenvalue weighted by molar-refractivity contribution is 5.77. The lowest BCUT2D eigenvalue weighted by Gasteiger charge is -2.24. The van der Waals surface area contributed by atoms with Gasteiger partial charge in [-0.05, 0) is 31.2 Å². The van der Waals surface area contributed by atoms with Crippen molar-refractivity contribution in [3.63, 3.8) is 0 Å². The monoisotopic (exact) mass is 447 g/mol. The number of alkyl halides is 3. The third kappa shape index (κ3) is 7.24. The Balaban J connectivity index is 0.000000423. The number of carbonyl (C=O) groups is 2. The summed E-state index contributed by atoms with van der Waals surface area (Å²) in [5.74, 6) is -3.42. The van der Waals surface area contributed by atoms with Crippen LogP contribution in [0, 0.1) is 5.82 Å². The smallest absolute Gasteiger partial charge is 0.475 e. The molecule has 1 aliphatic heterocycles. The van der Waals surface area contributed by atoms with Crippen molar-refractivity contribution in [3.8, 4) is 5.88 Å². The summed E-state index contributed by atoms with van der Waals surface area (Å²) in [6.07, 6.45) is -2.07. The van der Waals surface area contributed by atoms with E-state index >= 15 is 0 Å². The molecule has 0 spiro atoms. The van der Waals surface area contributed by atoms with Gasteiger partial charge in [-0.2, -0.15) is 13.2 Å². The van der Waals surface area contributed by atoms with Crippen LogP contribution in [-0.2, 0) is 27.4 Å². The summed E-state index contributed by atoms with van der Waals surface area (Å²) >= 11 is 0. The minimum atomic E-state index is -5.08. The van der Waals surface area contributed by atoms with Crippen molar-refractivity contribution in [1.82, 2.24) is 14.5 Å². The standard InChI is InChI=1S/C17H20FN3O3.C2HF3O2/c1-2-23-12-16(22)21-9-13-5-4-8-20(13)10-14(11-21)24-17-15(18)6-3-7-19-17;3-2(4,5)1(6)7/h3-8,14H,2,9-12H2,1H3;(H,6,7). The molecule has 1 aliphatic rings. The van der Waals surface area contributed by atoms with Gasteiger partial charge in [-0.3, -0.25) is 4.79 Å². The van der Waals surface area contributed by atoms with Gasteiger partial charge in [0.25, 0.3) is 5.88 Å². The molecule has 31 heavy (non-hydrogen) atoms. The van der Waals surface area contributed by atoms with Gasteiger partial charge in [-0.15, -0.1) is 0 Å². The zero-order valence-electron chi connectivity index (χ0n) is 16.5. The predicted octanol–water partition coefficient (Wildman–Crippen LogP) is 2.48. The van der Waals surface area contributed by atoms with Crippen LogP contribution in [0.3, 0.4) is 0 Å². The van der Waals surface area contributed by atoms with E-state index in [9.17, 15) is 22.4 Å². The van der Waals surface area contributed by atoms with Crippen LogP contribution < -0.4 is 4.74 Å². The topological polar surface area (TPSA) is 93.9 Å². The molecule has 8 nitrogen and oxygen atoms in total. The number of carbonyl (C=O) groups excluding carboxylic acids is 1. The number of ether oxygens (including phenoxy) is 2. The maximum Gasteiger partial charge on any atom is 0.490 e. The molecule has 2 aromatic rings. The highest BCUT2D eigenvalue weighted by Crippen LogP contribution is 2.19. The maximum absolute atomic E-state index is 13.8. The molecule has 3 heterocycles. The largest absolute Gasteiger partial charge is 0.490 e. The van der Waals surface area contributed by atoms with Gasteiger partial charge in [0.2, 0.25) is 5.91 Å². The number of fused-ring (bicyclic) bond motifs is 1. The van der Waals surface area contributed by atoms with Crippen LogP contribution in [0.25, 0.3) is 0 Å². The highest BCUT2D eigenvalue weighted by Gasteiger charge is 2.38. The third-order valence-corrected chi connectivity index (χ3v) is 4.13. The SMILES string of the molecule is CCOCC(=O)N1Cc2cccn2CC(Oc2ncccc2F)C1.O=C(O)C(F)(F)F. The lowest BCUT2D eigenvalue weighted by molar-refractivity contribution is -0.192. The number of aromatic nitrogens is 2. The fraction of sp³-hybridized carbons (Fsp3) is 0.421. The first-order valence-electron chi connectivity index (χ1n) is 9.18. The van der Waals surface area contributed by atoms with Gasteiger partial charge in [0.05, 0.1) is 19.6 Å². The second kappa shape index (κ2) is 10.8. The second-order valence-electron chi connectivity index (χ2n) is 6.40. The Morgan fingerprint density at radius 3 is 2.58 bits per heavy atom. The molecule has 1 N–H and O–H groups in total. The van der Waals surface area contributed by atoms with Gasteiger partial charge in [-0.1, -0.05) is 0 Å². The number of carboxylic acid groups (broad SMARTS) is 1. The van der Waals surface area contributed by atoms with Gasteiger partial charge in [-0.25, -0.2) is 14.2 Å². The Morgan fingerprint density at radius 1 is 1.26 bits per heavy atom. The molecule has 0 radical (unpaired) electrons. The van der Waals surface area contributed by atoms with Gasteiger partial charge < -0.3 is 24.0 Å². The Morgan fingerprint density at radius 2 is 1.97 bits per heavy atom. The Labute approximate surface area is 175 Å². The van der Waals surface area contributed by atoms with E-state index in [0.717, 1.165) is 5.69 Å². The minimum Gasteiger partial charge on any atom is -0.475 e. The van der Waals surface area contributed by atoms with Crippen LogP contribution in [0.4, 0.5) is 17.6 Å². The van der Waals surface area contributed by atoms with E-state index in [1.54, 1.807) is 4.90 Å². The highest BCUT2D eigenvalue weighted by atomic mass is 19.4. The van der Waals surface area contributed by atoms with E-state index < -0.39 is 24.1 Å². The quantitative estimate of drug-likeness (QED) is 0.708. The van der Waals surface area contributed by atoms with Crippen LogP contribution >= 0.6 is 0 Å². The van der Waals surface area contributed by atoms with Gasteiger partial charge in [0.1, 0.15) is 12.7 Å². The number of aliphatic carboxylic acids is 1. The van der Waals surface area contributed by atoms with Crippen LogP contribution in [0.15, 0.2) is 36.7 Å². The molecule has 0 saturated carbocycles. The summed E-state index contributed by atoms with van der Waals surface area (Å²) in [4.78, 5) is 26.9. The first kappa shape index (κ1) is 24.1. The molecule has 1 unspecified atom stereocenters. The molecule has 0 aromatic carbocycles. The lowest BCUT2D eigenvalue weighted by atomic mass is 10.3. The van der Waals surface area contributed by atoms with Crippen molar-refractivity contribution in [2.24, 2.45) is 0 Å². The predicted molar refractivity (Wildman–Crippen MR) is 98.6 cm³/mol. The third-order valence-electron chi connectivity index (χ3n) is 4.13. The van der Waals surface area contributed by atoms with Crippen LogP contribution in [-0.4, -0.2) is 63.5 Å². The zero-order chi connectivity index (χ0) is 23.0. The molecule has 0 fully saturated rings. The molecular formula is C19H21F4N3O5. The minimum absolute atomic E-state index is 0.0296. The molecular weight excluding hydrogens is 426 g/mol. The van der Waals surface area contributed by atoms with Crippen LogP contribution in [0.1, 0.15) is 12.6 Å². The van der Waals surface area contributed by atoms with Gasteiger partial charge in [0.15, 0.2) is 5.82 Å². The van der Waals surface area contributed by atoms with E-state index in [1.807, 2.05) is 29.8 Å². The van der Waals surface area contributed by atoms with E-state index in [0.29, 0.717) is 26.2 Å². The maximum atomic E-state index is 13.8. The first-order chi connectivity index (χ1) is 14.6. The normalized spacial score (nSPS) is 15.9. The fourth-order valence-corrected chi connectivity index (χ4v) is 2.72. The number of amides is 1. The summed E-state index contributed by atoms with van der Waals surface area (Å²) in [6, 6.07) is 6.70. The van der Waals surface area contributed by atoms with Crippen LogP contribution in [0.2, 0.25) is 0 Å². The van der Waals surface area contributed by atoms with Crippen molar-refractivity contribution in [3.05, 3.63) is 48.2 Å². The lowest BCUT2D eigenvalue weighted by Crippen LogP contribution is -2.40. The van der Waals surface area contributed by atoms with E-state index in [1.165, 1.54) is 18.3 Å². The first-order valence-corrected chi connectivity index (χ1v) is 9.18. The van der Waals surface area contributed by atoms with E-state index in [4.69, 9.17) is 19.4 Å². The van der Waals surface area contributed by atoms with Gasteiger partial charge >= 0.3 is 12.1 Å². The van der Waals surface area contributed by atoms with Crippen molar-refractivity contribution in [1.29, 1.82) is 0 Å². The molecule has 0 aliphatic carbocycles.